The number of ether oxygens (including phenoxy) is 1. The van der Waals surface area contributed by atoms with Gasteiger partial charge in [0, 0.05) is 0 Å². The smallest absolute Gasteiger partial charge is 0.106 e. The lowest BCUT2D eigenvalue weighted by atomic mass is 10.1. The van der Waals surface area contributed by atoms with Gasteiger partial charge in [-0.1, -0.05) is 30.3 Å². The van der Waals surface area contributed by atoms with E-state index in [4.69, 9.17) is 9.84 Å². The summed E-state index contributed by atoms with van der Waals surface area (Å²) in [5, 5.41) is 9.10. The van der Waals surface area contributed by atoms with Gasteiger partial charge in [-0.05, 0) is 19.4 Å². The van der Waals surface area contributed by atoms with Crippen molar-refractivity contribution in [1.82, 2.24) is 0 Å². The molecule has 0 aromatic heterocycles. The first kappa shape index (κ1) is 10.2. The van der Waals surface area contributed by atoms with Gasteiger partial charge in [0.25, 0.3) is 0 Å². The number of hydrogen-bond acceptors (Lipinski definition) is 2. The first-order valence-corrected chi connectivity index (χ1v) is 4.55. The Morgan fingerprint density at radius 1 is 1.23 bits per heavy atom. The van der Waals surface area contributed by atoms with Crippen molar-refractivity contribution in [1.29, 1.82) is 0 Å². The fourth-order valence-corrected chi connectivity index (χ4v) is 1.22. The predicted octanol–water partition coefficient (Wildman–Crippen LogP) is 2.14. The molecule has 0 amide bonds. The molecule has 0 saturated heterocycles. The molecule has 13 heavy (non-hydrogen) atoms. The van der Waals surface area contributed by atoms with Gasteiger partial charge in [0.1, 0.15) is 6.10 Å². The number of rotatable bonds is 4. The third-order valence-electron chi connectivity index (χ3n) is 1.77. The molecule has 72 valence electrons. The lowest BCUT2D eigenvalue weighted by molar-refractivity contribution is -0.0247. The van der Waals surface area contributed by atoms with Gasteiger partial charge < -0.3 is 9.84 Å². The number of benzene rings is 1. The fraction of sp³-hybridized carbons (Fsp3) is 0.455. The second-order valence-corrected chi connectivity index (χ2v) is 3.27. The van der Waals surface area contributed by atoms with Crippen LogP contribution in [0.3, 0.4) is 0 Å². The van der Waals surface area contributed by atoms with Crippen LogP contribution in [0.15, 0.2) is 30.3 Å². The van der Waals surface area contributed by atoms with Crippen LogP contribution in [-0.4, -0.2) is 17.8 Å². The van der Waals surface area contributed by atoms with Crippen LogP contribution in [0.4, 0.5) is 0 Å². The van der Waals surface area contributed by atoms with Crippen LogP contribution in [0.2, 0.25) is 0 Å². The highest BCUT2D eigenvalue weighted by atomic mass is 16.5. The minimum absolute atomic E-state index is 0.0300. The van der Waals surface area contributed by atoms with Crippen LogP contribution in [0.5, 0.6) is 0 Å². The topological polar surface area (TPSA) is 29.5 Å². The van der Waals surface area contributed by atoms with E-state index in [0.29, 0.717) is 0 Å². The molecular weight excluding hydrogens is 164 g/mol. The van der Waals surface area contributed by atoms with Gasteiger partial charge in [0.15, 0.2) is 0 Å². The first-order chi connectivity index (χ1) is 6.24. The van der Waals surface area contributed by atoms with E-state index in [1.54, 1.807) is 0 Å². The Morgan fingerprint density at radius 3 is 2.31 bits per heavy atom. The summed E-state index contributed by atoms with van der Waals surface area (Å²) in [6.07, 6.45) is -0.0569. The van der Waals surface area contributed by atoms with E-state index in [0.717, 1.165) is 5.56 Å². The summed E-state index contributed by atoms with van der Waals surface area (Å²) in [6, 6.07) is 9.77. The third-order valence-corrected chi connectivity index (χ3v) is 1.77. The summed E-state index contributed by atoms with van der Waals surface area (Å²) < 4.78 is 5.54. The van der Waals surface area contributed by atoms with E-state index in [9.17, 15) is 0 Å². The first-order valence-electron chi connectivity index (χ1n) is 4.55. The predicted molar refractivity (Wildman–Crippen MR) is 52.5 cm³/mol. The van der Waals surface area contributed by atoms with Gasteiger partial charge in [-0.15, -0.1) is 0 Å². The summed E-state index contributed by atoms with van der Waals surface area (Å²) in [4.78, 5) is 0. The second-order valence-electron chi connectivity index (χ2n) is 3.27. The fourth-order valence-electron chi connectivity index (χ4n) is 1.22. The van der Waals surface area contributed by atoms with Gasteiger partial charge in [-0.25, -0.2) is 0 Å². The standard InChI is InChI=1S/C11H16O2/c1-9(2)13-11(8-12)10-6-4-3-5-7-10/h3-7,9,11-12H,8H2,1-2H3. The quantitative estimate of drug-likeness (QED) is 0.769. The Hall–Kier alpha value is -0.860. The molecule has 0 heterocycles. The maximum Gasteiger partial charge on any atom is 0.106 e. The van der Waals surface area contributed by atoms with Gasteiger partial charge >= 0.3 is 0 Å². The zero-order valence-corrected chi connectivity index (χ0v) is 8.10. The maximum absolute atomic E-state index is 9.10. The van der Waals surface area contributed by atoms with Crippen molar-refractivity contribution in [2.75, 3.05) is 6.61 Å². The van der Waals surface area contributed by atoms with Crippen LogP contribution >= 0.6 is 0 Å². The largest absolute Gasteiger partial charge is 0.393 e. The summed E-state index contributed by atoms with van der Waals surface area (Å²) >= 11 is 0. The number of aliphatic hydroxyl groups is 1. The highest BCUT2D eigenvalue weighted by Gasteiger charge is 2.11. The minimum atomic E-state index is -0.193. The molecule has 1 aromatic rings. The van der Waals surface area contributed by atoms with E-state index in [2.05, 4.69) is 0 Å². The van der Waals surface area contributed by atoms with Crippen molar-refractivity contribution in [2.24, 2.45) is 0 Å². The summed E-state index contributed by atoms with van der Waals surface area (Å²) in [5.74, 6) is 0. The van der Waals surface area contributed by atoms with E-state index in [-0.39, 0.29) is 18.8 Å². The van der Waals surface area contributed by atoms with Crippen molar-refractivity contribution in [3.8, 4) is 0 Å². The molecule has 0 fully saturated rings. The van der Waals surface area contributed by atoms with Crippen LogP contribution in [0, 0.1) is 0 Å². The maximum atomic E-state index is 9.10. The van der Waals surface area contributed by atoms with Crippen LogP contribution in [-0.2, 0) is 4.74 Å². The SMILES string of the molecule is CC(C)OC(CO)c1ccccc1. The van der Waals surface area contributed by atoms with Crippen molar-refractivity contribution in [3.63, 3.8) is 0 Å². The lowest BCUT2D eigenvalue weighted by Gasteiger charge is -2.18. The van der Waals surface area contributed by atoms with Crippen molar-refractivity contribution in [2.45, 2.75) is 26.1 Å². The number of hydrogen-bond donors (Lipinski definition) is 1. The van der Waals surface area contributed by atoms with Gasteiger partial charge in [-0.2, -0.15) is 0 Å². The van der Waals surface area contributed by atoms with Crippen LogP contribution in [0.1, 0.15) is 25.5 Å². The summed E-state index contributed by atoms with van der Waals surface area (Å²) in [7, 11) is 0. The molecule has 1 unspecified atom stereocenters. The molecule has 1 N–H and O–H groups in total. The monoisotopic (exact) mass is 180 g/mol. The third kappa shape index (κ3) is 3.17. The molecule has 0 aliphatic heterocycles. The average Bonchev–Trinajstić information content (AvgIpc) is 2.15. The van der Waals surface area contributed by atoms with E-state index in [1.807, 2.05) is 44.2 Å². The van der Waals surface area contributed by atoms with Gasteiger partial charge in [-0.3, -0.25) is 0 Å². The Kier molecular flexibility index (Phi) is 3.93. The van der Waals surface area contributed by atoms with Gasteiger partial charge in [0.2, 0.25) is 0 Å². The molecule has 0 bridgehead atoms. The Morgan fingerprint density at radius 2 is 1.85 bits per heavy atom. The van der Waals surface area contributed by atoms with Crippen molar-refractivity contribution < 1.29 is 9.84 Å². The highest BCUT2D eigenvalue weighted by molar-refractivity contribution is 5.17. The number of aliphatic hydroxyl groups excluding tert-OH is 1. The lowest BCUT2D eigenvalue weighted by Crippen LogP contribution is -2.13. The zero-order valence-electron chi connectivity index (χ0n) is 8.10. The summed E-state index contributed by atoms with van der Waals surface area (Å²) in [6.45, 7) is 3.96. The molecule has 2 nitrogen and oxygen atoms in total. The van der Waals surface area contributed by atoms with Gasteiger partial charge in [0.05, 0.1) is 12.7 Å². The molecule has 1 atom stereocenters. The zero-order chi connectivity index (χ0) is 9.68. The van der Waals surface area contributed by atoms with E-state index < -0.39 is 0 Å². The molecule has 0 aliphatic rings. The molecule has 0 saturated carbocycles. The Labute approximate surface area is 79.2 Å². The molecule has 0 spiro atoms. The molecule has 1 aromatic carbocycles. The van der Waals surface area contributed by atoms with Crippen LogP contribution < -0.4 is 0 Å². The molecule has 1 rings (SSSR count). The molecular formula is C11H16O2. The Bertz CT molecular complexity index is 231. The second kappa shape index (κ2) is 5.00. The normalized spacial score (nSPS) is 13.2. The average molecular weight is 180 g/mol. The van der Waals surface area contributed by atoms with Crippen LogP contribution in [0.25, 0.3) is 0 Å². The molecule has 0 radical (unpaired) electrons. The molecule has 2 heteroatoms. The summed E-state index contributed by atoms with van der Waals surface area (Å²) in [5.41, 5.74) is 1.03. The van der Waals surface area contributed by atoms with E-state index in [1.165, 1.54) is 0 Å². The Balaban J connectivity index is 2.67. The van der Waals surface area contributed by atoms with Crippen molar-refractivity contribution in [3.05, 3.63) is 35.9 Å². The molecule has 0 aliphatic carbocycles. The van der Waals surface area contributed by atoms with Crippen molar-refractivity contribution >= 4 is 0 Å². The minimum Gasteiger partial charge on any atom is -0.393 e. The highest BCUT2D eigenvalue weighted by Crippen LogP contribution is 2.17. The van der Waals surface area contributed by atoms with E-state index >= 15 is 0 Å².